The van der Waals surface area contributed by atoms with Crippen molar-refractivity contribution in [2.45, 2.75) is 0 Å². The van der Waals surface area contributed by atoms with Crippen molar-refractivity contribution >= 4 is 0 Å². The van der Waals surface area contributed by atoms with Crippen molar-refractivity contribution in [1.82, 2.24) is 20.2 Å². The Morgan fingerprint density at radius 1 is 1.40 bits per heavy atom. The van der Waals surface area contributed by atoms with Gasteiger partial charge in [0.05, 0.1) is 6.20 Å². The van der Waals surface area contributed by atoms with Crippen LogP contribution in [-0.4, -0.2) is 20.2 Å². The topological polar surface area (TPSA) is 67.6 Å². The zero-order valence-electron chi connectivity index (χ0n) is 4.98. The van der Waals surface area contributed by atoms with Crippen LogP contribution in [-0.2, 0) is 0 Å². The fourth-order valence-corrected chi connectivity index (χ4v) is 0.646. The third-order valence-corrected chi connectivity index (χ3v) is 1.04. The third-order valence-electron chi connectivity index (χ3n) is 1.04. The summed E-state index contributed by atoms with van der Waals surface area (Å²) in [6.45, 7) is 0. The van der Waals surface area contributed by atoms with E-state index in [1.54, 1.807) is 6.20 Å². The number of hydrogen-bond acceptors (Lipinski definition) is 4. The summed E-state index contributed by atoms with van der Waals surface area (Å²) in [6, 6.07) is 0. The summed E-state index contributed by atoms with van der Waals surface area (Å²) in [4.78, 5) is 7.68. The quantitative estimate of drug-likeness (QED) is 0.618. The van der Waals surface area contributed by atoms with Crippen molar-refractivity contribution in [3.8, 4) is 11.7 Å². The molecule has 10 heavy (non-hydrogen) atoms. The first-order valence-corrected chi connectivity index (χ1v) is 2.72. The van der Waals surface area contributed by atoms with Crippen LogP contribution in [0.4, 0.5) is 0 Å². The molecule has 2 heterocycles. The van der Waals surface area contributed by atoms with Gasteiger partial charge in [-0.05, 0) is 0 Å². The molecule has 0 aromatic carbocycles. The molecule has 2 rings (SSSR count). The molecule has 5 heteroatoms. The van der Waals surface area contributed by atoms with E-state index in [9.17, 15) is 0 Å². The van der Waals surface area contributed by atoms with E-state index >= 15 is 0 Å². The minimum Gasteiger partial charge on any atom is -0.442 e. The Hall–Kier alpha value is -1.65. The van der Waals surface area contributed by atoms with Gasteiger partial charge in [-0.25, -0.2) is 9.97 Å². The van der Waals surface area contributed by atoms with Crippen molar-refractivity contribution < 1.29 is 4.42 Å². The number of nitrogens with zero attached hydrogens (tertiary/aromatic N) is 3. The van der Waals surface area contributed by atoms with Gasteiger partial charge < -0.3 is 4.42 Å². The zero-order valence-corrected chi connectivity index (χ0v) is 4.98. The van der Waals surface area contributed by atoms with Gasteiger partial charge in [-0.2, -0.15) is 0 Å². The van der Waals surface area contributed by atoms with Crippen LogP contribution >= 0.6 is 0 Å². The van der Waals surface area contributed by atoms with E-state index in [0.717, 1.165) is 0 Å². The fourth-order valence-electron chi connectivity index (χ4n) is 0.646. The molecule has 0 saturated carbocycles. The Labute approximate surface area is 56.1 Å². The Morgan fingerprint density at radius 2 is 2.40 bits per heavy atom. The molecule has 0 aliphatic rings. The van der Waals surface area contributed by atoms with Gasteiger partial charge in [0.1, 0.15) is 12.6 Å². The lowest BCUT2D eigenvalue weighted by Gasteiger charge is -1.80. The first-order valence-electron chi connectivity index (χ1n) is 2.72. The second kappa shape index (κ2) is 1.94. The summed E-state index contributed by atoms with van der Waals surface area (Å²) in [7, 11) is 0. The number of rotatable bonds is 1. The van der Waals surface area contributed by atoms with Gasteiger partial charge >= 0.3 is 0 Å². The van der Waals surface area contributed by atoms with Crippen molar-refractivity contribution in [2.75, 3.05) is 0 Å². The maximum atomic E-state index is 4.92. The molecule has 2 aromatic heterocycles. The average molecular weight is 136 g/mol. The highest BCUT2D eigenvalue weighted by atomic mass is 16.3. The van der Waals surface area contributed by atoms with Crippen molar-refractivity contribution in [1.29, 1.82) is 0 Å². The Balaban J connectivity index is 2.48. The minimum absolute atomic E-state index is 0.432. The van der Waals surface area contributed by atoms with Gasteiger partial charge in [0, 0.05) is 0 Å². The standard InChI is InChI=1S/C5H4N4O/c1-2-10-5(6-1)4-7-3-8-9-4/h1-3H,(H,7,8,9). The molecule has 1 N–H and O–H groups in total. The largest absolute Gasteiger partial charge is 0.442 e. The molecule has 0 fully saturated rings. The molecule has 0 bridgehead atoms. The predicted molar refractivity (Wildman–Crippen MR) is 31.9 cm³/mol. The van der Waals surface area contributed by atoms with Crippen LogP contribution in [0.1, 0.15) is 0 Å². The smallest absolute Gasteiger partial charge is 0.266 e. The monoisotopic (exact) mass is 136 g/mol. The second-order valence-electron chi connectivity index (χ2n) is 1.66. The molecule has 0 amide bonds. The van der Waals surface area contributed by atoms with E-state index in [1.807, 2.05) is 0 Å². The molecule has 0 aliphatic carbocycles. The first-order chi connectivity index (χ1) is 4.97. The van der Waals surface area contributed by atoms with Gasteiger partial charge in [0.15, 0.2) is 0 Å². The Bertz CT molecular complexity index is 253. The molecular weight excluding hydrogens is 132 g/mol. The van der Waals surface area contributed by atoms with E-state index < -0.39 is 0 Å². The van der Waals surface area contributed by atoms with Crippen LogP contribution < -0.4 is 0 Å². The lowest BCUT2D eigenvalue weighted by Crippen LogP contribution is -1.78. The van der Waals surface area contributed by atoms with Crippen molar-refractivity contribution in [3.63, 3.8) is 0 Å². The highest BCUT2D eigenvalue weighted by Crippen LogP contribution is 2.07. The maximum Gasteiger partial charge on any atom is 0.266 e. The number of aromatic amines is 1. The SMILES string of the molecule is c1coc(-c2nc[nH]n2)n1. The highest BCUT2D eigenvalue weighted by molar-refractivity contribution is 5.37. The van der Waals surface area contributed by atoms with Crippen LogP contribution in [0.15, 0.2) is 23.2 Å². The number of oxazole rings is 1. The van der Waals surface area contributed by atoms with Crippen molar-refractivity contribution in [2.24, 2.45) is 0 Å². The lowest BCUT2D eigenvalue weighted by molar-refractivity contribution is 0.569. The van der Waals surface area contributed by atoms with Crippen molar-refractivity contribution in [3.05, 3.63) is 18.8 Å². The van der Waals surface area contributed by atoms with Crippen LogP contribution in [0, 0.1) is 0 Å². The van der Waals surface area contributed by atoms with Gasteiger partial charge in [0.2, 0.25) is 5.82 Å². The third kappa shape index (κ3) is 0.680. The van der Waals surface area contributed by atoms with E-state index in [-0.39, 0.29) is 0 Å². The first kappa shape index (κ1) is 5.16. The summed E-state index contributed by atoms with van der Waals surface area (Å²) < 4.78 is 4.92. The zero-order chi connectivity index (χ0) is 6.81. The summed E-state index contributed by atoms with van der Waals surface area (Å²) in [6.07, 6.45) is 4.50. The van der Waals surface area contributed by atoms with Crippen LogP contribution in [0.5, 0.6) is 0 Å². The molecule has 5 nitrogen and oxygen atoms in total. The molecule has 0 atom stereocenters. The van der Waals surface area contributed by atoms with E-state index in [0.29, 0.717) is 11.7 Å². The lowest BCUT2D eigenvalue weighted by atomic mass is 10.6. The van der Waals surface area contributed by atoms with E-state index in [1.165, 1.54) is 12.6 Å². The van der Waals surface area contributed by atoms with Crippen LogP contribution in [0.3, 0.4) is 0 Å². The minimum atomic E-state index is 0.432. The highest BCUT2D eigenvalue weighted by Gasteiger charge is 2.03. The maximum absolute atomic E-state index is 4.92. The van der Waals surface area contributed by atoms with Gasteiger partial charge in [0.25, 0.3) is 5.89 Å². The number of H-pyrrole nitrogens is 1. The molecule has 0 radical (unpaired) electrons. The number of aromatic nitrogens is 4. The Morgan fingerprint density at radius 3 is 3.00 bits per heavy atom. The summed E-state index contributed by atoms with van der Waals surface area (Å²) >= 11 is 0. The molecule has 0 saturated heterocycles. The van der Waals surface area contributed by atoms with Crippen LogP contribution in [0.25, 0.3) is 11.7 Å². The molecule has 2 aromatic rings. The molecule has 0 spiro atoms. The normalized spacial score (nSPS) is 10.0. The molecule has 50 valence electrons. The number of hydrogen-bond donors (Lipinski definition) is 1. The van der Waals surface area contributed by atoms with E-state index in [4.69, 9.17) is 4.42 Å². The molecule has 0 unspecified atom stereocenters. The van der Waals surface area contributed by atoms with Gasteiger partial charge in [-0.1, -0.05) is 0 Å². The number of nitrogens with one attached hydrogen (secondary N) is 1. The molecule has 0 aliphatic heterocycles. The summed E-state index contributed by atoms with van der Waals surface area (Å²) in [5.74, 6) is 0.909. The fraction of sp³-hybridized carbons (Fsp3) is 0. The molecular formula is C5H4N4O. The average Bonchev–Trinajstić information content (AvgIpc) is 2.59. The Kier molecular flexibility index (Phi) is 1.00. The second-order valence-corrected chi connectivity index (χ2v) is 1.66. The van der Waals surface area contributed by atoms with Crippen LogP contribution in [0.2, 0.25) is 0 Å². The van der Waals surface area contributed by atoms with Gasteiger partial charge in [-0.3, -0.25) is 5.10 Å². The summed E-state index contributed by atoms with van der Waals surface area (Å²) in [5.41, 5.74) is 0. The summed E-state index contributed by atoms with van der Waals surface area (Å²) in [5, 5.41) is 6.32. The van der Waals surface area contributed by atoms with Gasteiger partial charge in [-0.15, -0.1) is 5.10 Å². The predicted octanol–water partition coefficient (Wildman–Crippen LogP) is 0.460. The van der Waals surface area contributed by atoms with E-state index in [2.05, 4.69) is 20.2 Å².